The molecule has 2 rings (SSSR count). The second kappa shape index (κ2) is 9.80. The maximum atomic E-state index is 10.7. The van der Waals surface area contributed by atoms with Gasteiger partial charge in [0, 0.05) is 24.5 Å². The number of nitrogen functional groups attached to an aromatic ring is 1. The summed E-state index contributed by atoms with van der Waals surface area (Å²) >= 11 is 0. The first-order valence-electron chi connectivity index (χ1n) is 8.21. The smallest absolute Gasteiger partial charge is 0.294 e. The number of nitrogens with zero attached hydrogens (tertiary/aromatic N) is 2. The third kappa shape index (κ3) is 6.75. The maximum Gasteiger partial charge on any atom is 0.294 e. The van der Waals surface area contributed by atoms with Crippen LogP contribution in [0.5, 0.6) is 0 Å². The lowest BCUT2D eigenvalue weighted by Crippen LogP contribution is -2.23. The quantitative estimate of drug-likeness (QED) is 0.611. The van der Waals surface area contributed by atoms with Gasteiger partial charge in [0.1, 0.15) is 0 Å². The zero-order valence-corrected chi connectivity index (χ0v) is 16.1. The van der Waals surface area contributed by atoms with Gasteiger partial charge in [0.15, 0.2) is 0 Å². The Bertz CT molecular complexity index is 874. The highest BCUT2D eigenvalue weighted by Gasteiger charge is 2.12. The molecule has 2 aromatic carbocycles. The molecule has 0 aliphatic carbocycles. The van der Waals surface area contributed by atoms with E-state index in [-0.39, 0.29) is 4.90 Å². The van der Waals surface area contributed by atoms with E-state index < -0.39 is 10.1 Å². The Hall–Kier alpha value is -2.56. The molecule has 0 radical (unpaired) electrons. The van der Waals surface area contributed by atoms with Gasteiger partial charge in [0.25, 0.3) is 10.1 Å². The number of hydrogen-bond acceptors (Lipinski definition) is 5. The van der Waals surface area contributed by atoms with Crippen molar-refractivity contribution in [3.05, 3.63) is 53.6 Å². The van der Waals surface area contributed by atoms with E-state index in [4.69, 9.17) is 15.5 Å². The Morgan fingerprint density at radius 2 is 1.88 bits per heavy atom. The van der Waals surface area contributed by atoms with Crippen molar-refractivity contribution < 1.29 is 13.0 Å². The summed E-state index contributed by atoms with van der Waals surface area (Å²) in [5, 5.41) is 8.54. The molecule has 0 saturated carbocycles. The van der Waals surface area contributed by atoms with Crippen LogP contribution >= 0.6 is 0 Å². The van der Waals surface area contributed by atoms with E-state index in [1.165, 1.54) is 17.3 Å². The maximum absolute atomic E-state index is 10.7. The second-order valence-electron chi connectivity index (χ2n) is 5.83. The first-order chi connectivity index (χ1) is 12.2. The lowest BCUT2D eigenvalue weighted by molar-refractivity contribution is 0.482. The Labute approximate surface area is 155 Å². The summed E-state index contributed by atoms with van der Waals surface area (Å²) in [6.45, 7) is 7.55. The van der Waals surface area contributed by atoms with Gasteiger partial charge >= 0.3 is 0 Å². The van der Waals surface area contributed by atoms with Gasteiger partial charge in [-0.05, 0) is 56.2 Å². The van der Waals surface area contributed by atoms with Crippen LogP contribution in [-0.4, -0.2) is 26.1 Å². The first-order valence-corrected chi connectivity index (χ1v) is 9.65. The van der Waals surface area contributed by atoms with E-state index in [9.17, 15) is 8.42 Å². The van der Waals surface area contributed by atoms with Gasteiger partial charge in [-0.2, -0.15) is 13.7 Å². The van der Waals surface area contributed by atoms with Crippen LogP contribution in [0.25, 0.3) is 0 Å². The van der Waals surface area contributed by atoms with Gasteiger partial charge in [-0.3, -0.25) is 4.55 Å². The van der Waals surface area contributed by atoms with Crippen molar-refractivity contribution >= 4 is 21.5 Å². The monoisotopic (exact) mass is 375 g/mol. The van der Waals surface area contributed by atoms with Crippen molar-refractivity contribution in [1.82, 2.24) is 0 Å². The van der Waals surface area contributed by atoms with E-state index in [1.54, 1.807) is 19.1 Å². The van der Waals surface area contributed by atoms with E-state index in [0.717, 1.165) is 13.1 Å². The summed E-state index contributed by atoms with van der Waals surface area (Å²) in [4.78, 5) is 2.08. The van der Waals surface area contributed by atoms with Gasteiger partial charge in [-0.25, -0.2) is 0 Å². The number of nitrogens with two attached hydrogens (primary N) is 1. The third-order valence-corrected chi connectivity index (χ3v) is 4.73. The molecule has 0 atom stereocenters. The Kier molecular flexibility index (Phi) is 8.10. The van der Waals surface area contributed by atoms with Crippen molar-refractivity contribution in [2.45, 2.75) is 32.1 Å². The average Bonchev–Trinajstić information content (AvgIpc) is 2.57. The van der Waals surface area contributed by atoms with E-state index in [1.807, 2.05) is 0 Å². The molecule has 26 heavy (non-hydrogen) atoms. The van der Waals surface area contributed by atoms with Gasteiger partial charge in [-0.15, -0.1) is 0 Å². The van der Waals surface area contributed by atoms with Crippen molar-refractivity contribution in [3.63, 3.8) is 0 Å². The van der Waals surface area contributed by atoms with Crippen LogP contribution in [0.1, 0.15) is 24.5 Å². The zero-order chi connectivity index (χ0) is 19.7. The number of aryl methyl sites for hydroxylation is 2. The number of benzene rings is 2. The van der Waals surface area contributed by atoms with Gasteiger partial charge in [0.05, 0.1) is 17.4 Å². The molecule has 0 aliphatic rings. The van der Waals surface area contributed by atoms with Crippen molar-refractivity contribution in [3.8, 4) is 6.07 Å². The largest absolute Gasteiger partial charge is 0.399 e. The number of anilines is 2. The molecule has 0 aromatic heterocycles. The highest BCUT2D eigenvalue weighted by atomic mass is 32.2. The highest BCUT2D eigenvalue weighted by Crippen LogP contribution is 2.17. The summed E-state index contributed by atoms with van der Waals surface area (Å²) < 4.78 is 30.1. The standard InChI is InChI=1S/C12H16N2.C7H9NO3S/c1-3-14(9-5-8-13)12-7-4-6-11(2)10-12;1-5-2-3-6(8)4-7(5)12(9,10)11/h4,6-7,10H,3,5,9H2,1-2H3;2-4H,8H2,1H3,(H,9,10,11). The van der Waals surface area contributed by atoms with Crippen LogP contribution in [0.2, 0.25) is 0 Å². The molecular weight excluding hydrogens is 350 g/mol. The van der Waals surface area contributed by atoms with Gasteiger partial charge < -0.3 is 10.6 Å². The molecule has 0 spiro atoms. The third-order valence-electron chi connectivity index (χ3n) is 3.73. The molecule has 0 fully saturated rings. The summed E-state index contributed by atoms with van der Waals surface area (Å²) in [5.41, 5.74) is 8.61. The Morgan fingerprint density at radius 3 is 2.38 bits per heavy atom. The Morgan fingerprint density at radius 1 is 1.19 bits per heavy atom. The van der Waals surface area contributed by atoms with E-state index >= 15 is 0 Å². The predicted octanol–water partition coefficient (Wildman–Crippen LogP) is 3.56. The van der Waals surface area contributed by atoms with Crippen molar-refractivity contribution in [1.29, 1.82) is 5.26 Å². The SMILES string of the molecule is CCN(CCC#N)c1cccc(C)c1.Cc1ccc(N)cc1S(=O)(=O)O. The molecule has 0 aliphatic heterocycles. The molecule has 6 nitrogen and oxygen atoms in total. The topological polar surface area (TPSA) is 107 Å². The fourth-order valence-electron chi connectivity index (χ4n) is 2.37. The van der Waals surface area contributed by atoms with Gasteiger partial charge in [0.2, 0.25) is 0 Å². The summed E-state index contributed by atoms with van der Waals surface area (Å²) in [6.07, 6.45) is 0.585. The average molecular weight is 375 g/mol. The predicted molar refractivity (Wildman–Crippen MR) is 105 cm³/mol. The van der Waals surface area contributed by atoms with E-state index in [2.05, 4.69) is 49.1 Å². The molecule has 0 unspecified atom stereocenters. The molecule has 7 heteroatoms. The number of nitriles is 1. The molecule has 140 valence electrons. The summed E-state index contributed by atoms with van der Waals surface area (Å²) in [5.74, 6) is 0. The van der Waals surface area contributed by atoms with Crippen LogP contribution in [0.15, 0.2) is 47.4 Å². The highest BCUT2D eigenvalue weighted by molar-refractivity contribution is 7.85. The van der Waals surface area contributed by atoms with Crippen molar-refractivity contribution in [2.24, 2.45) is 0 Å². The number of hydrogen-bond donors (Lipinski definition) is 2. The molecular formula is C19H25N3O3S. The molecule has 0 bridgehead atoms. The minimum absolute atomic E-state index is 0.137. The summed E-state index contributed by atoms with van der Waals surface area (Å²) in [7, 11) is -4.14. The van der Waals surface area contributed by atoms with Crippen LogP contribution in [0, 0.1) is 25.2 Å². The van der Waals surface area contributed by atoms with Gasteiger partial charge in [-0.1, -0.05) is 18.2 Å². The van der Waals surface area contributed by atoms with Crippen LogP contribution in [0.4, 0.5) is 11.4 Å². The van der Waals surface area contributed by atoms with Crippen molar-refractivity contribution in [2.75, 3.05) is 23.7 Å². The Balaban J connectivity index is 0.000000263. The normalized spacial score (nSPS) is 10.4. The fraction of sp³-hybridized carbons (Fsp3) is 0.316. The lowest BCUT2D eigenvalue weighted by Gasteiger charge is -2.22. The molecule has 0 heterocycles. The van der Waals surface area contributed by atoms with E-state index in [0.29, 0.717) is 17.7 Å². The summed E-state index contributed by atoms with van der Waals surface area (Å²) in [6, 6.07) is 14.9. The molecule has 0 saturated heterocycles. The van der Waals surface area contributed by atoms with Crippen LogP contribution in [-0.2, 0) is 10.1 Å². The molecule has 3 N–H and O–H groups in total. The fourth-order valence-corrected chi connectivity index (χ4v) is 3.13. The first kappa shape index (κ1) is 21.5. The van der Waals surface area contributed by atoms with Crippen LogP contribution < -0.4 is 10.6 Å². The minimum atomic E-state index is -4.14. The lowest BCUT2D eigenvalue weighted by atomic mass is 10.2. The molecule has 0 amide bonds. The van der Waals surface area contributed by atoms with Crippen LogP contribution in [0.3, 0.4) is 0 Å². The number of rotatable bonds is 5. The second-order valence-corrected chi connectivity index (χ2v) is 7.22. The zero-order valence-electron chi connectivity index (χ0n) is 15.3. The minimum Gasteiger partial charge on any atom is -0.399 e. The molecule has 2 aromatic rings.